The van der Waals surface area contributed by atoms with Gasteiger partial charge in [-0.1, -0.05) is 4.90 Å². The Morgan fingerprint density at radius 3 is 2.55 bits per heavy atom. The van der Waals surface area contributed by atoms with E-state index in [-0.39, 0.29) is 31.6 Å². The molecule has 0 unspecified atom stereocenters. The van der Waals surface area contributed by atoms with Gasteiger partial charge in [0.1, 0.15) is 0 Å². The fourth-order valence-electron chi connectivity index (χ4n) is 3.76. The number of benzene rings is 2. The van der Waals surface area contributed by atoms with Crippen LogP contribution in [0, 0.1) is 19.9 Å². The van der Waals surface area contributed by atoms with Gasteiger partial charge in [0.25, 0.3) is 0 Å². The molecule has 2 aromatic heterocycles. The Morgan fingerprint density at radius 2 is 1.87 bits per heavy atom. The number of fused-ring (bicyclic) bond motifs is 4. The fourth-order valence-corrected chi connectivity index (χ4v) is 4.88. The molecule has 2 aromatic carbocycles. The van der Waals surface area contributed by atoms with Crippen LogP contribution in [0.2, 0.25) is 0 Å². The minimum absolute atomic E-state index is 0. The molecule has 6 heteroatoms. The van der Waals surface area contributed by atoms with Crippen molar-refractivity contribution in [1.82, 2.24) is 9.97 Å². The van der Waals surface area contributed by atoms with Crippen LogP contribution in [0.1, 0.15) is 25.2 Å². The fraction of sp³-hybridized carbons (Fsp3) is 0.160. The number of ketones is 1. The summed E-state index contributed by atoms with van der Waals surface area (Å²) in [6, 6.07) is 16.1. The molecule has 1 N–H and O–H groups in total. The van der Waals surface area contributed by atoms with Crippen molar-refractivity contribution in [2.75, 3.05) is 0 Å². The van der Waals surface area contributed by atoms with Gasteiger partial charge >= 0.3 is 0 Å². The van der Waals surface area contributed by atoms with Crippen molar-refractivity contribution in [3.8, 4) is 11.3 Å². The molecule has 5 rings (SSSR count). The average Bonchev–Trinajstić information content (AvgIpc) is 2.68. The molecule has 4 aromatic rings. The molecule has 31 heavy (non-hydrogen) atoms. The Hall–Kier alpha value is -2.53. The Labute approximate surface area is 199 Å². The summed E-state index contributed by atoms with van der Waals surface area (Å²) < 4.78 is 0. The Bertz CT molecular complexity index is 1340. The van der Waals surface area contributed by atoms with Gasteiger partial charge in [-0.15, -0.1) is 41.6 Å². The monoisotopic (exact) mass is 606 g/mol. The number of hydrogen-bond donors (Lipinski definition) is 1. The van der Waals surface area contributed by atoms with Crippen LogP contribution in [0.15, 0.2) is 64.2 Å². The van der Waals surface area contributed by atoms with Crippen molar-refractivity contribution >= 4 is 39.1 Å². The minimum Gasteiger partial charge on any atom is -0.512 e. The summed E-state index contributed by atoms with van der Waals surface area (Å²) in [5, 5.41) is 13.3. The third kappa shape index (κ3) is 4.57. The maximum Gasteiger partial charge on any atom is 0.155 e. The molecule has 0 atom stereocenters. The third-order valence-corrected chi connectivity index (χ3v) is 5.93. The number of aryl methyl sites for hydroxylation is 2. The number of nitrogens with zero attached hydrogens (tertiary/aromatic N) is 2. The number of hydrogen-bond acceptors (Lipinski definition) is 5. The first kappa shape index (κ1) is 23.1. The van der Waals surface area contributed by atoms with E-state index in [1.807, 2.05) is 18.3 Å². The van der Waals surface area contributed by atoms with Gasteiger partial charge in [-0.3, -0.25) is 9.78 Å². The van der Waals surface area contributed by atoms with Gasteiger partial charge in [0, 0.05) is 54.0 Å². The standard InChI is InChI=1S/C20H13N2S.C5H8O2.Ir/c1-11-9-16-13-7-8-21-20-14-5-3-4-6-17(14)23-18(19(13)20)10-15(16)12(2)22-11;1-4(6)3-5(2)7;/h3-4,6-10H,1-2H3;3,6H,1-2H3;/q-1;;/b;4-3-;. The number of carbonyl (C=O) groups is 1. The molecule has 1 aliphatic rings. The van der Waals surface area contributed by atoms with Crippen molar-refractivity contribution in [3.05, 3.63) is 71.9 Å². The van der Waals surface area contributed by atoms with Gasteiger partial charge < -0.3 is 10.1 Å². The molecule has 1 aliphatic heterocycles. The van der Waals surface area contributed by atoms with Gasteiger partial charge in [0.2, 0.25) is 0 Å². The van der Waals surface area contributed by atoms with E-state index in [1.165, 1.54) is 51.3 Å². The quantitative estimate of drug-likeness (QED) is 0.104. The average molecular weight is 606 g/mol. The van der Waals surface area contributed by atoms with Crippen LogP contribution in [0.4, 0.5) is 0 Å². The molecule has 0 amide bonds. The van der Waals surface area contributed by atoms with Crippen molar-refractivity contribution in [1.29, 1.82) is 0 Å². The Kier molecular flexibility index (Phi) is 6.95. The summed E-state index contributed by atoms with van der Waals surface area (Å²) in [6.45, 7) is 6.99. The van der Waals surface area contributed by atoms with Gasteiger partial charge in [-0.05, 0) is 67.7 Å². The first-order valence-electron chi connectivity index (χ1n) is 9.61. The molecule has 159 valence electrons. The summed E-state index contributed by atoms with van der Waals surface area (Å²) in [5.74, 6) is -0.0625. The number of rotatable bonds is 1. The molecule has 0 fully saturated rings. The van der Waals surface area contributed by atoms with Crippen molar-refractivity contribution in [2.24, 2.45) is 0 Å². The van der Waals surface area contributed by atoms with E-state index < -0.39 is 0 Å². The van der Waals surface area contributed by atoms with Gasteiger partial charge in [-0.25, -0.2) is 0 Å². The van der Waals surface area contributed by atoms with Crippen LogP contribution in [-0.4, -0.2) is 20.9 Å². The van der Waals surface area contributed by atoms with E-state index in [2.05, 4.69) is 54.1 Å². The van der Waals surface area contributed by atoms with E-state index in [4.69, 9.17) is 5.11 Å². The number of carbonyl (C=O) groups excluding carboxylic acids is 1. The molecular weight excluding hydrogens is 585 g/mol. The summed E-state index contributed by atoms with van der Waals surface area (Å²) in [5.41, 5.74) is 4.29. The van der Waals surface area contributed by atoms with Crippen LogP contribution >= 0.6 is 11.8 Å². The molecule has 4 nitrogen and oxygen atoms in total. The van der Waals surface area contributed by atoms with Crippen LogP contribution in [0.5, 0.6) is 0 Å². The van der Waals surface area contributed by atoms with Gasteiger partial charge in [0.05, 0.1) is 5.76 Å². The minimum atomic E-state index is -0.125. The molecule has 0 spiro atoms. The topological polar surface area (TPSA) is 63.1 Å². The number of aliphatic hydroxyl groups excluding tert-OH is 1. The second-order valence-electron chi connectivity index (χ2n) is 7.31. The van der Waals surface area contributed by atoms with E-state index in [1.54, 1.807) is 11.8 Å². The van der Waals surface area contributed by atoms with E-state index in [9.17, 15) is 4.79 Å². The first-order chi connectivity index (χ1) is 14.3. The maximum atomic E-state index is 10.0. The predicted molar refractivity (Wildman–Crippen MR) is 122 cm³/mol. The van der Waals surface area contributed by atoms with Crippen LogP contribution in [-0.2, 0) is 24.9 Å². The predicted octanol–water partition coefficient (Wildman–Crippen LogP) is 6.37. The van der Waals surface area contributed by atoms with Gasteiger partial charge in [0.15, 0.2) is 5.78 Å². The maximum absolute atomic E-state index is 10.0. The summed E-state index contributed by atoms with van der Waals surface area (Å²) in [4.78, 5) is 21.8. The van der Waals surface area contributed by atoms with Crippen molar-refractivity contribution in [3.63, 3.8) is 0 Å². The van der Waals surface area contributed by atoms with Crippen LogP contribution in [0.25, 0.3) is 32.8 Å². The van der Waals surface area contributed by atoms with Crippen molar-refractivity contribution < 1.29 is 30.0 Å². The van der Waals surface area contributed by atoms with Crippen molar-refractivity contribution in [2.45, 2.75) is 37.5 Å². The summed E-state index contributed by atoms with van der Waals surface area (Å²) in [7, 11) is 0. The van der Waals surface area contributed by atoms with Gasteiger partial charge in [-0.2, -0.15) is 0 Å². The molecule has 0 aliphatic carbocycles. The second kappa shape index (κ2) is 9.31. The zero-order valence-corrected chi connectivity index (χ0v) is 20.8. The smallest absolute Gasteiger partial charge is 0.155 e. The van der Waals surface area contributed by atoms with Crippen LogP contribution < -0.4 is 0 Å². The molecule has 0 saturated carbocycles. The largest absolute Gasteiger partial charge is 0.512 e. The number of pyridine rings is 2. The molecule has 3 heterocycles. The number of aromatic nitrogens is 2. The second-order valence-corrected chi connectivity index (χ2v) is 8.39. The number of aliphatic hydroxyl groups is 1. The van der Waals surface area contributed by atoms with E-state index >= 15 is 0 Å². The zero-order chi connectivity index (χ0) is 21.4. The SMILES string of the molecule is CC(=O)/C=C(/C)O.Cc1cc2c(cc3c4c(nccc42)-c2[c-]cccc2S3)c(C)n1.[Ir]. The van der Waals surface area contributed by atoms with Crippen LogP contribution in [0.3, 0.4) is 0 Å². The molecular formula is C25H21IrN2O2S-. The molecule has 0 bridgehead atoms. The normalized spacial score (nSPS) is 11.9. The molecule has 1 radical (unpaired) electrons. The molecule has 0 saturated heterocycles. The Balaban J connectivity index is 0.000000299. The number of allylic oxidation sites excluding steroid dienone is 2. The Morgan fingerprint density at radius 1 is 1.10 bits per heavy atom. The van der Waals surface area contributed by atoms with E-state index in [0.29, 0.717) is 0 Å². The first-order valence-corrected chi connectivity index (χ1v) is 10.4. The summed E-state index contributed by atoms with van der Waals surface area (Å²) in [6.07, 6.45) is 3.08. The zero-order valence-electron chi connectivity index (χ0n) is 17.6. The third-order valence-electron chi connectivity index (χ3n) is 4.83. The summed E-state index contributed by atoms with van der Waals surface area (Å²) >= 11 is 1.80. The van der Waals surface area contributed by atoms with E-state index in [0.717, 1.165) is 22.6 Å².